The second-order valence-corrected chi connectivity index (χ2v) is 8.08. The number of hydrogen-bond acceptors (Lipinski definition) is 6. The maximum atomic E-state index is 12.7. The summed E-state index contributed by atoms with van der Waals surface area (Å²) in [5.74, 6) is -0.236. The highest BCUT2D eigenvalue weighted by molar-refractivity contribution is 7.89. The van der Waals surface area contributed by atoms with Crippen molar-refractivity contribution >= 4 is 21.6 Å². The van der Waals surface area contributed by atoms with Gasteiger partial charge >= 0.3 is 0 Å². The minimum atomic E-state index is -3.72. The number of nitrogens with one attached hydrogen (secondary N) is 1. The predicted molar refractivity (Wildman–Crippen MR) is 96.6 cm³/mol. The van der Waals surface area contributed by atoms with Crippen molar-refractivity contribution in [3.63, 3.8) is 0 Å². The first kappa shape index (κ1) is 18.9. The Bertz CT molecular complexity index is 924. The molecule has 1 aliphatic rings. The molecule has 10 heteroatoms. The number of rotatable bonds is 5. The number of piperidine rings is 1. The lowest BCUT2D eigenvalue weighted by Gasteiger charge is -2.31. The number of amides is 1. The fraction of sp³-hybridized carbons (Fsp3) is 0.294. The number of benzene rings is 1. The third-order valence-corrected chi connectivity index (χ3v) is 6.31. The number of nitrogens with zero attached hydrogens (tertiary/aromatic N) is 3. The maximum absolute atomic E-state index is 12.7. The van der Waals surface area contributed by atoms with Crippen LogP contribution in [-0.2, 0) is 10.0 Å². The van der Waals surface area contributed by atoms with Crippen LogP contribution < -0.4 is 5.32 Å². The van der Waals surface area contributed by atoms with E-state index in [1.54, 1.807) is 18.3 Å². The molecule has 27 heavy (non-hydrogen) atoms. The summed E-state index contributed by atoms with van der Waals surface area (Å²) < 4.78 is 26.7. The molecule has 0 bridgehead atoms. The molecule has 1 aromatic carbocycles. The molecule has 1 N–H and O–H groups in total. The standard InChI is InChI=1S/C17H18N4O5S/c22-17(13-2-1-9-18-12-13)19-14-7-10-20(11-8-14)27(25,26)16-5-3-15(4-6-16)21(23)24/h1-6,9,12,14H,7-8,10-11H2,(H,19,22). The van der Waals surface area contributed by atoms with E-state index in [0.717, 1.165) is 0 Å². The van der Waals surface area contributed by atoms with Crippen molar-refractivity contribution in [2.24, 2.45) is 0 Å². The van der Waals surface area contributed by atoms with Gasteiger partial charge in [0.1, 0.15) is 0 Å². The third kappa shape index (κ3) is 4.29. The first-order chi connectivity index (χ1) is 12.9. The van der Waals surface area contributed by atoms with Gasteiger partial charge in [-0.2, -0.15) is 4.31 Å². The number of non-ortho nitro benzene ring substituents is 1. The summed E-state index contributed by atoms with van der Waals surface area (Å²) in [6, 6.07) is 8.04. The van der Waals surface area contributed by atoms with Crippen LogP contribution in [0.1, 0.15) is 23.2 Å². The number of carbonyl (C=O) groups is 1. The van der Waals surface area contributed by atoms with Gasteiger partial charge in [-0.3, -0.25) is 19.9 Å². The predicted octanol–water partition coefficient (Wildman–Crippen LogP) is 1.57. The van der Waals surface area contributed by atoms with Crippen molar-refractivity contribution in [3.05, 3.63) is 64.5 Å². The molecular weight excluding hydrogens is 372 g/mol. The lowest BCUT2D eigenvalue weighted by atomic mass is 10.1. The smallest absolute Gasteiger partial charge is 0.269 e. The lowest BCUT2D eigenvalue weighted by Crippen LogP contribution is -2.46. The van der Waals surface area contributed by atoms with E-state index >= 15 is 0 Å². The zero-order chi connectivity index (χ0) is 19.4. The van der Waals surface area contributed by atoms with Crippen molar-refractivity contribution in [3.8, 4) is 0 Å². The Morgan fingerprint density at radius 1 is 1.19 bits per heavy atom. The summed E-state index contributed by atoms with van der Waals surface area (Å²) in [4.78, 5) is 26.2. The Morgan fingerprint density at radius 2 is 1.85 bits per heavy atom. The highest BCUT2D eigenvalue weighted by Gasteiger charge is 2.30. The molecule has 0 saturated carbocycles. The van der Waals surface area contributed by atoms with E-state index in [2.05, 4.69) is 10.3 Å². The van der Waals surface area contributed by atoms with Crippen LogP contribution in [0.15, 0.2) is 53.7 Å². The SMILES string of the molecule is O=C(NC1CCN(S(=O)(=O)c2ccc([N+](=O)[O-])cc2)CC1)c1cccnc1. The van der Waals surface area contributed by atoms with Gasteiger partial charge in [-0.05, 0) is 37.1 Å². The van der Waals surface area contributed by atoms with Crippen LogP contribution in [0.4, 0.5) is 5.69 Å². The van der Waals surface area contributed by atoms with Gasteiger partial charge in [0.25, 0.3) is 11.6 Å². The van der Waals surface area contributed by atoms with E-state index in [0.29, 0.717) is 18.4 Å². The molecule has 142 valence electrons. The Hall–Kier alpha value is -2.85. The fourth-order valence-electron chi connectivity index (χ4n) is 2.90. The van der Waals surface area contributed by atoms with E-state index < -0.39 is 14.9 Å². The number of nitro groups is 1. The van der Waals surface area contributed by atoms with Crippen LogP contribution in [-0.4, -0.2) is 47.7 Å². The average molecular weight is 390 g/mol. The third-order valence-electron chi connectivity index (χ3n) is 4.40. The van der Waals surface area contributed by atoms with Crippen molar-refractivity contribution in [2.75, 3.05) is 13.1 Å². The molecular formula is C17H18N4O5S. The quantitative estimate of drug-likeness (QED) is 0.611. The summed E-state index contributed by atoms with van der Waals surface area (Å²) in [6.45, 7) is 0.522. The summed E-state index contributed by atoms with van der Waals surface area (Å²) >= 11 is 0. The summed E-state index contributed by atoms with van der Waals surface area (Å²) in [6.07, 6.45) is 4.03. The fourth-order valence-corrected chi connectivity index (χ4v) is 4.36. The summed E-state index contributed by atoms with van der Waals surface area (Å²) in [7, 11) is -3.72. The molecule has 1 aromatic heterocycles. The van der Waals surface area contributed by atoms with E-state index in [4.69, 9.17) is 0 Å². The molecule has 1 aliphatic heterocycles. The number of aromatic nitrogens is 1. The van der Waals surface area contributed by atoms with Crippen LogP contribution in [0, 0.1) is 10.1 Å². The van der Waals surface area contributed by atoms with Gasteiger partial charge in [0.05, 0.1) is 15.4 Å². The molecule has 0 radical (unpaired) electrons. The molecule has 1 fully saturated rings. The Labute approximate surface area is 156 Å². The molecule has 0 aliphatic carbocycles. The van der Waals surface area contributed by atoms with Crippen molar-refractivity contribution in [2.45, 2.75) is 23.8 Å². The zero-order valence-corrected chi connectivity index (χ0v) is 15.1. The molecule has 1 amide bonds. The van der Waals surface area contributed by atoms with E-state index in [1.807, 2.05) is 0 Å². The van der Waals surface area contributed by atoms with Gasteiger partial charge < -0.3 is 5.32 Å². The molecule has 2 aromatic rings. The summed E-state index contributed by atoms with van der Waals surface area (Å²) in [5, 5.41) is 13.6. The number of sulfonamides is 1. The maximum Gasteiger partial charge on any atom is 0.269 e. The van der Waals surface area contributed by atoms with Crippen molar-refractivity contribution in [1.82, 2.24) is 14.6 Å². The van der Waals surface area contributed by atoms with E-state index in [-0.39, 0.29) is 35.6 Å². The van der Waals surface area contributed by atoms with Gasteiger partial charge in [-0.15, -0.1) is 0 Å². The Balaban J connectivity index is 1.61. The summed E-state index contributed by atoms with van der Waals surface area (Å²) in [5.41, 5.74) is 0.296. The first-order valence-corrected chi connectivity index (χ1v) is 9.77. The second kappa shape index (κ2) is 7.80. The van der Waals surface area contributed by atoms with Crippen molar-refractivity contribution in [1.29, 1.82) is 0 Å². The largest absolute Gasteiger partial charge is 0.349 e. The molecule has 0 atom stereocenters. The van der Waals surface area contributed by atoms with Crippen molar-refractivity contribution < 1.29 is 18.1 Å². The number of carbonyl (C=O) groups excluding carboxylic acids is 1. The van der Waals surface area contributed by atoms with Crippen LogP contribution in [0.3, 0.4) is 0 Å². The van der Waals surface area contributed by atoms with Gasteiger partial charge in [-0.25, -0.2) is 8.42 Å². The van der Waals surface area contributed by atoms with Gasteiger partial charge in [0.15, 0.2) is 0 Å². The Kier molecular flexibility index (Phi) is 5.47. The van der Waals surface area contributed by atoms with E-state index in [1.165, 1.54) is 34.8 Å². The van der Waals surface area contributed by atoms with Gasteiger partial charge in [0.2, 0.25) is 10.0 Å². The minimum Gasteiger partial charge on any atom is -0.349 e. The topological polar surface area (TPSA) is 123 Å². The van der Waals surface area contributed by atoms with Crippen LogP contribution in [0.2, 0.25) is 0 Å². The molecule has 0 spiro atoms. The molecule has 0 unspecified atom stereocenters. The van der Waals surface area contributed by atoms with Crippen LogP contribution >= 0.6 is 0 Å². The highest BCUT2D eigenvalue weighted by atomic mass is 32.2. The van der Waals surface area contributed by atoms with E-state index in [9.17, 15) is 23.3 Å². The van der Waals surface area contributed by atoms with Crippen LogP contribution in [0.25, 0.3) is 0 Å². The normalized spacial score (nSPS) is 16.0. The monoisotopic (exact) mass is 390 g/mol. The molecule has 9 nitrogen and oxygen atoms in total. The average Bonchev–Trinajstić information content (AvgIpc) is 2.69. The lowest BCUT2D eigenvalue weighted by molar-refractivity contribution is -0.384. The molecule has 2 heterocycles. The zero-order valence-electron chi connectivity index (χ0n) is 14.3. The van der Waals surface area contributed by atoms with Gasteiger partial charge in [-0.1, -0.05) is 0 Å². The van der Waals surface area contributed by atoms with Gasteiger partial charge in [0, 0.05) is 43.7 Å². The number of nitro benzene ring substituents is 1. The first-order valence-electron chi connectivity index (χ1n) is 8.33. The highest BCUT2D eigenvalue weighted by Crippen LogP contribution is 2.23. The number of hydrogen-bond donors (Lipinski definition) is 1. The number of pyridine rings is 1. The molecule has 1 saturated heterocycles. The minimum absolute atomic E-state index is 0.0194. The Morgan fingerprint density at radius 3 is 2.41 bits per heavy atom. The van der Waals surface area contributed by atoms with Crippen LogP contribution in [0.5, 0.6) is 0 Å². The molecule has 3 rings (SSSR count). The second-order valence-electron chi connectivity index (χ2n) is 6.14.